The zero-order valence-electron chi connectivity index (χ0n) is 17.0. The van der Waals surface area contributed by atoms with Crippen LogP contribution >= 0.6 is 0 Å². The molecular weight excluding hydrogens is 380 g/mol. The predicted octanol–water partition coefficient (Wildman–Crippen LogP) is 2.85. The quantitative estimate of drug-likeness (QED) is 0.465. The molecule has 150 valence electrons. The number of anilines is 1. The van der Waals surface area contributed by atoms with Gasteiger partial charge in [-0.1, -0.05) is 81.4 Å². The first kappa shape index (κ1) is 19.6. The highest BCUT2D eigenvalue weighted by molar-refractivity contribution is 6.80. The monoisotopic (exact) mass is 406 g/mol. The van der Waals surface area contributed by atoms with Gasteiger partial charge in [0, 0.05) is 12.5 Å². The minimum atomic E-state index is -1.93. The number of carbonyl (C=O) groups is 1. The van der Waals surface area contributed by atoms with E-state index < -0.39 is 9.04 Å². The van der Waals surface area contributed by atoms with E-state index in [0.29, 0.717) is 23.9 Å². The fraction of sp³-hybridized carbons (Fsp3) is 0.304. The zero-order valence-corrected chi connectivity index (χ0v) is 18.1. The zero-order chi connectivity index (χ0) is 20.4. The van der Waals surface area contributed by atoms with Crippen molar-refractivity contribution >= 4 is 31.7 Å². The van der Waals surface area contributed by atoms with E-state index in [1.807, 2.05) is 17.0 Å². The molecule has 2 heterocycles. The fourth-order valence-electron chi connectivity index (χ4n) is 3.75. The van der Waals surface area contributed by atoms with E-state index in [9.17, 15) is 4.79 Å². The van der Waals surface area contributed by atoms with Crippen LogP contribution in [0, 0.1) is 11.3 Å². The highest BCUT2D eigenvalue weighted by Gasteiger charge is 2.49. The van der Waals surface area contributed by atoms with Crippen molar-refractivity contribution < 1.29 is 13.6 Å². The van der Waals surface area contributed by atoms with Crippen molar-refractivity contribution in [2.24, 2.45) is 11.3 Å². The van der Waals surface area contributed by atoms with Crippen molar-refractivity contribution in [2.45, 2.75) is 27.0 Å². The van der Waals surface area contributed by atoms with E-state index >= 15 is 0 Å². The van der Waals surface area contributed by atoms with Gasteiger partial charge in [0.25, 0.3) is 6.01 Å². The van der Waals surface area contributed by atoms with Gasteiger partial charge in [0.05, 0.1) is 0 Å². The van der Waals surface area contributed by atoms with Crippen molar-refractivity contribution in [1.29, 1.82) is 0 Å². The standard InChI is InChI=1S/C23H26N2O3Si/c1-23(2,3)20-14-25(22-24-17(15-26)16-27-22)21(20)28-29(18-10-6-4-7-11-18)19-12-8-5-9-13-19/h4-13,15-16,20-21,29H,14H2,1-3H3. The van der Waals surface area contributed by atoms with Crippen LogP contribution in [-0.4, -0.2) is 33.1 Å². The number of hydrogen-bond acceptors (Lipinski definition) is 5. The van der Waals surface area contributed by atoms with Crippen molar-refractivity contribution in [2.75, 3.05) is 11.4 Å². The molecule has 0 bridgehead atoms. The van der Waals surface area contributed by atoms with Crippen LogP contribution in [-0.2, 0) is 4.43 Å². The van der Waals surface area contributed by atoms with Crippen LogP contribution in [0.25, 0.3) is 0 Å². The molecule has 1 fully saturated rings. The van der Waals surface area contributed by atoms with Crippen LogP contribution in [0.15, 0.2) is 71.3 Å². The first-order chi connectivity index (χ1) is 14.0. The van der Waals surface area contributed by atoms with Gasteiger partial charge in [-0.3, -0.25) is 4.79 Å². The molecule has 2 atom stereocenters. The Morgan fingerprint density at radius 2 is 1.66 bits per heavy atom. The van der Waals surface area contributed by atoms with E-state index in [0.717, 1.165) is 6.54 Å². The van der Waals surface area contributed by atoms with E-state index in [1.54, 1.807) is 0 Å². The Labute approximate surface area is 173 Å². The predicted molar refractivity (Wildman–Crippen MR) is 116 cm³/mol. The van der Waals surface area contributed by atoms with Crippen LogP contribution in [0.3, 0.4) is 0 Å². The largest absolute Gasteiger partial charge is 0.431 e. The number of benzene rings is 2. The molecule has 0 aliphatic carbocycles. The van der Waals surface area contributed by atoms with E-state index in [-0.39, 0.29) is 11.6 Å². The summed E-state index contributed by atoms with van der Waals surface area (Å²) in [7, 11) is -1.93. The summed E-state index contributed by atoms with van der Waals surface area (Å²) in [6.07, 6.45) is 1.95. The first-order valence-electron chi connectivity index (χ1n) is 9.90. The number of aromatic nitrogens is 1. The maximum Gasteiger partial charge on any atom is 0.299 e. The molecule has 0 radical (unpaired) electrons. The molecule has 0 amide bonds. The van der Waals surface area contributed by atoms with Crippen LogP contribution in [0.5, 0.6) is 0 Å². The second kappa shape index (κ2) is 7.97. The number of carbonyl (C=O) groups excluding carboxylic acids is 1. The average Bonchev–Trinajstić information content (AvgIpc) is 3.16. The van der Waals surface area contributed by atoms with Crippen molar-refractivity contribution in [1.82, 2.24) is 4.98 Å². The van der Waals surface area contributed by atoms with Gasteiger partial charge in [-0.15, -0.1) is 0 Å². The summed E-state index contributed by atoms with van der Waals surface area (Å²) in [5.41, 5.74) is 0.381. The molecule has 4 rings (SSSR count). The average molecular weight is 407 g/mol. The van der Waals surface area contributed by atoms with Gasteiger partial charge in [-0.25, -0.2) is 0 Å². The summed E-state index contributed by atoms with van der Waals surface area (Å²) in [6, 6.07) is 21.3. The lowest BCUT2D eigenvalue weighted by molar-refractivity contribution is 0.000409. The summed E-state index contributed by atoms with van der Waals surface area (Å²) in [5.74, 6) is 0.330. The smallest absolute Gasteiger partial charge is 0.299 e. The molecule has 3 aromatic rings. The van der Waals surface area contributed by atoms with Gasteiger partial charge in [0.15, 0.2) is 6.29 Å². The van der Waals surface area contributed by atoms with E-state index in [4.69, 9.17) is 8.84 Å². The second-order valence-corrected chi connectivity index (χ2v) is 10.9. The lowest BCUT2D eigenvalue weighted by Gasteiger charge is -2.53. The van der Waals surface area contributed by atoms with Gasteiger partial charge < -0.3 is 13.7 Å². The highest BCUT2D eigenvalue weighted by Crippen LogP contribution is 2.42. The van der Waals surface area contributed by atoms with E-state index in [2.05, 4.69) is 74.3 Å². The minimum absolute atomic E-state index is 0.0770. The highest BCUT2D eigenvalue weighted by atomic mass is 28.3. The third-order valence-electron chi connectivity index (χ3n) is 5.51. The summed E-state index contributed by atoms with van der Waals surface area (Å²) in [6.45, 7) is 7.50. The number of oxazole rings is 1. The molecule has 29 heavy (non-hydrogen) atoms. The fourth-order valence-corrected chi connectivity index (χ4v) is 6.21. The van der Waals surface area contributed by atoms with Crippen LogP contribution in [0.4, 0.5) is 6.01 Å². The number of nitrogens with zero attached hydrogens (tertiary/aromatic N) is 2. The molecule has 0 saturated carbocycles. The van der Waals surface area contributed by atoms with Crippen molar-refractivity contribution in [3.8, 4) is 0 Å². The van der Waals surface area contributed by atoms with Gasteiger partial charge in [0.2, 0.25) is 9.04 Å². The van der Waals surface area contributed by atoms with Crippen LogP contribution in [0.2, 0.25) is 0 Å². The maximum atomic E-state index is 11.0. The van der Waals surface area contributed by atoms with Gasteiger partial charge >= 0.3 is 0 Å². The summed E-state index contributed by atoms with van der Waals surface area (Å²) < 4.78 is 12.4. The Bertz CT molecular complexity index is 914. The summed E-state index contributed by atoms with van der Waals surface area (Å²) in [4.78, 5) is 17.4. The molecule has 1 aliphatic rings. The van der Waals surface area contributed by atoms with Gasteiger partial charge in [-0.2, -0.15) is 4.98 Å². The molecule has 2 unspecified atom stereocenters. The van der Waals surface area contributed by atoms with Crippen LogP contribution < -0.4 is 15.3 Å². The lowest BCUT2D eigenvalue weighted by Crippen LogP contribution is -2.65. The number of hydrogen-bond donors (Lipinski definition) is 0. The van der Waals surface area contributed by atoms with E-state index in [1.165, 1.54) is 16.6 Å². The molecule has 2 aromatic carbocycles. The summed E-state index contributed by atoms with van der Waals surface area (Å²) >= 11 is 0. The number of aldehydes is 1. The molecular formula is C23H26N2O3Si. The van der Waals surface area contributed by atoms with Crippen LogP contribution in [0.1, 0.15) is 31.3 Å². The van der Waals surface area contributed by atoms with Crippen molar-refractivity contribution in [3.05, 3.63) is 72.6 Å². The molecule has 1 saturated heterocycles. The summed E-state index contributed by atoms with van der Waals surface area (Å²) in [5, 5.41) is 2.47. The molecule has 0 spiro atoms. The molecule has 1 aromatic heterocycles. The Morgan fingerprint density at radius 1 is 1.07 bits per heavy atom. The molecule has 6 heteroatoms. The van der Waals surface area contributed by atoms with Gasteiger partial charge in [0.1, 0.15) is 18.2 Å². The normalized spacial score (nSPS) is 19.2. The maximum absolute atomic E-state index is 11.0. The Morgan fingerprint density at radius 3 is 2.14 bits per heavy atom. The first-order valence-corrected chi connectivity index (χ1v) is 11.5. The Balaban J connectivity index is 1.67. The number of rotatable bonds is 6. The Kier molecular flexibility index (Phi) is 5.39. The molecule has 0 N–H and O–H groups in total. The van der Waals surface area contributed by atoms with Crippen molar-refractivity contribution in [3.63, 3.8) is 0 Å². The van der Waals surface area contributed by atoms with Gasteiger partial charge in [-0.05, 0) is 15.8 Å². The molecule has 1 aliphatic heterocycles. The topological polar surface area (TPSA) is 55.6 Å². The minimum Gasteiger partial charge on any atom is -0.431 e. The Hall–Kier alpha value is -2.70. The second-order valence-electron chi connectivity index (χ2n) is 8.53. The third kappa shape index (κ3) is 4.04. The lowest BCUT2D eigenvalue weighted by atomic mass is 9.74. The molecule has 5 nitrogen and oxygen atoms in total. The third-order valence-corrected chi connectivity index (χ3v) is 8.05. The SMILES string of the molecule is CC(C)(C)C1CN(c2nc(C=O)co2)C1O[SiH](c1ccccc1)c1ccccc1.